The van der Waals surface area contributed by atoms with Gasteiger partial charge in [-0.1, -0.05) is 19.8 Å². The number of rotatable bonds is 9. The van der Waals surface area contributed by atoms with Crippen LogP contribution in [-0.4, -0.2) is 48.0 Å². The van der Waals surface area contributed by atoms with E-state index in [-0.39, 0.29) is 36.5 Å². The number of carbonyl (C=O) groups excluding carboxylic acids is 2. The lowest BCUT2D eigenvalue weighted by Crippen LogP contribution is -2.49. The number of benzene rings is 1. The Hall–Kier alpha value is -2.08. The molecule has 1 aliphatic heterocycles. The van der Waals surface area contributed by atoms with Crippen LogP contribution in [-0.2, 0) is 4.79 Å². The summed E-state index contributed by atoms with van der Waals surface area (Å²) >= 11 is 0. The summed E-state index contributed by atoms with van der Waals surface area (Å²) in [6.07, 6.45) is 6.25. The topological polar surface area (TPSA) is 84.7 Å². The normalized spacial score (nSPS) is 20.5. The van der Waals surface area contributed by atoms with E-state index in [1.54, 1.807) is 24.3 Å². The van der Waals surface area contributed by atoms with Crippen LogP contribution in [0.4, 0.5) is 0 Å². The Morgan fingerprint density at radius 2 is 1.86 bits per heavy atom. The molecule has 2 rings (SSSR count). The number of nitrogens with two attached hydrogens (primary N) is 1. The van der Waals surface area contributed by atoms with Gasteiger partial charge < -0.3 is 20.7 Å². The third kappa shape index (κ3) is 6.23. The number of amides is 2. The molecule has 3 N–H and O–H groups in total. The second kappa shape index (κ2) is 11.1. The predicted molar refractivity (Wildman–Crippen MR) is 111 cm³/mol. The molecule has 0 spiro atoms. The van der Waals surface area contributed by atoms with Gasteiger partial charge in [0.05, 0.1) is 0 Å². The number of nitrogens with one attached hydrogen (secondary N) is 1. The smallest absolute Gasteiger partial charge is 0.260 e. The number of piperidine rings is 1. The van der Waals surface area contributed by atoms with Gasteiger partial charge in [-0.15, -0.1) is 0 Å². The van der Waals surface area contributed by atoms with E-state index in [9.17, 15) is 9.59 Å². The molecule has 2 amide bonds. The number of unbranched alkanes of at least 4 members (excludes halogenated alkanes) is 1. The molecule has 156 valence electrons. The van der Waals surface area contributed by atoms with Crippen LogP contribution in [0.2, 0.25) is 0 Å². The van der Waals surface area contributed by atoms with Crippen molar-refractivity contribution in [3.8, 4) is 5.75 Å². The van der Waals surface area contributed by atoms with Crippen LogP contribution in [0.25, 0.3) is 0 Å². The van der Waals surface area contributed by atoms with Crippen LogP contribution in [0.15, 0.2) is 24.3 Å². The highest BCUT2D eigenvalue weighted by Crippen LogP contribution is 2.23. The van der Waals surface area contributed by atoms with E-state index in [4.69, 9.17) is 10.5 Å². The molecule has 1 fully saturated rings. The molecule has 1 heterocycles. The Morgan fingerprint density at radius 3 is 2.43 bits per heavy atom. The van der Waals surface area contributed by atoms with Gasteiger partial charge in [-0.05, 0) is 63.8 Å². The average Bonchev–Trinajstić information content (AvgIpc) is 2.69. The molecule has 1 aromatic rings. The Labute approximate surface area is 168 Å². The van der Waals surface area contributed by atoms with Crippen LogP contribution in [0.1, 0.15) is 69.7 Å². The molecule has 0 radical (unpaired) electrons. The number of likely N-dealkylation sites (tertiary alicyclic amines) is 1. The molecule has 0 aromatic heterocycles. The van der Waals surface area contributed by atoms with Crippen LogP contribution in [0.5, 0.6) is 5.75 Å². The van der Waals surface area contributed by atoms with Gasteiger partial charge in [-0.3, -0.25) is 9.59 Å². The van der Waals surface area contributed by atoms with E-state index in [0.29, 0.717) is 17.9 Å². The van der Waals surface area contributed by atoms with Gasteiger partial charge in [0.1, 0.15) is 5.75 Å². The molecular weight excluding hydrogens is 354 g/mol. The fourth-order valence-electron chi connectivity index (χ4n) is 3.80. The van der Waals surface area contributed by atoms with Crippen molar-refractivity contribution in [2.45, 2.75) is 77.4 Å². The maximum Gasteiger partial charge on any atom is 0.260 e. The van der Waals surface area contributed by atoms with Crippen molar-refractivity contribution in [1.82, 2.24) is 10.2 Å². The zero-order valence-corrected chi connectivity index (χ0v) is 17.4. The zero-order valence-electron chi connectivity index (χ0n) is 17.4. The number of ether oxygens (including phenoxy) is 1. The molecule has 0 bridgehead atoms. The van der Waals surface area contributed by atoms with Crippen LogP contribution in [0.3, 0.4) is 0 Å². The molecule has 1 aliphatic rings. The minimum absolute atomic E-state index is 0.00507. The predicted octanol–water partition coefficient (Wildman–Crippen LogP) is 3.10. The molecule has 28 heavy (non-hydrogen) atoms. The van der Waals surface area contributed by atoms with Gasteiger partial charge in [0.25, 0.3) is 11.8 Å². The van der Waals surface area contributed by atoms with Gasteiger partial charge in [0.15, 0.2) is 6.61 Å². The zero-order chi connectivity index (χ0) is 20.5. The Kier molecular flexibility index (Phi) is 8.77. The largest absolute Gasteiger partial charge is 0.484 e. The lowest BCUT2D eigenvalue weighted by molar-refractivity contribution is -0.139. The van der Waals surface area contributed by atoms with Gasteiger partial charge in [0, 0.05) is 30.2 Å². The van der Waals surface area contributed by atoms with Crippen molar-refractivity contribution in [2.24, 2.45) is 5.73 Å². The highest BCUT2D eigenvalue weighted by atomic mass is 16.5. The van der Waals surface area contributed by atoms with Crippen molar-refractivity contribution in [2.75, 3.05) is 13.2 Å². The fourth-order valence-corrected chi connectivity index (χ4v) is 3.80. The number of nitrogens with zero attached hydrogens (tertiary/aromatic N) is 1. The molecule has 6 heteroatoms. The molecular formula is C22H35N3O3. The average molecular weight is 390 g/mol. The van der Waals surface area contributed by atoms with E-state index in [1.165, 1.54) is 6.42 Å². The molecule has 0 aliphatic carbocycles. The molecule has 3 unspecified atom stereocenters. The van der Waals surface area contributed by atoms with Crippen molar-refractivity contribution >= 4 is 11.8 Å². The fraction of sp³-hybridized carbons (Fsp3) is 0.636. The molecule has 0 saturated carbocycles. The first-order valence-corrected chi connectivity index (χ1v) is 10.5. The lowest BCUT2D eigenvalue weighted by atomic mass is 9.97. The first kappa shape index (κ1) is 22.2. The maximum absolute atomic E-state index is 12.5. The van der Waals surface area contributed by atoms with E-state index in [1.807, 2.05) is 4.90 Å². The summed E-state index contributed by atoms with van der Waals surface area (Å²) in [4.78, 5) is 26.8. The molecule has 6 nitrogen and oxygen atoms in total. The van der Waals surface area contributed by atoms with Crippen LogP contribution >= 0.6 is 0 Å². The summed E-state index contributed by atoms with van der Waals surface area (Å²) in [5.41, 5.74) is 6.30. The Balaban J connectivity index is 1.86. The first-order chi connectivity index (χ1) is 13.5. The third-order valence-electron chi connectivity index (χ3n) is 5.49. The molecule has 3 atom stereocenters. The summed E-state index contributed by atoms with van der Waals surface area (Å²) in [5, 5.41) is 2.97. The summed E-state index contributed by atoms with van der Waals surface area (Å²) in [6.45, 7) is 6.76. The van der Waals surface area contributed by atoms with Crippen LogP contribution < -0.4 is 15.8 Å². The summed E-state index contributed by atoms with van der Waals surface area (Å²) in [6, 6.07) is 7.41. The van der Waals surface area contributed by atoms with E-state index in [0.717, 1.165) is 32.1 Å². The third-order valence-corrected chi connectivity index (χ3v) is 5.49. The molecule has 1 aromatic carbocycles. The summed E-state index contributed by atoms with van der Waals surface area (Å²) in [5.74, 6) is 0.469. The van der Waals surface area contributed by atoms with E-state index in [2.05, 4.69) is 26.1 Å². The summed E-state index contributed by atoms with van der Waals surface area (Å²) < 4.78 is 5.66. The van der Waals surface area contributed by atoms with E-state index >= 15 is 0 Å². The first-order valence-electron chi connectivity index (χ1n) is 10.5. The van der Waals surface area contributed by atoms with Crippen molar-refractivity contribution in [3.05, 3.63) is 29.8 Å². The van der Waals surface area contributed by atoms with Gasteiger partial charge in [-0.25, -0.2) is 0 Å². The van der Waals surface area contributed by atoms with Gasteiger partial charge in [0.2, 0.25) is 0 Å². The SMILES string of the molecule is CCCCC(CN)NC(=O)c1ccc(OCC(=O)N2C(C)CCCC2C)cc1. The minimum Gasteiger partial charge on any atom is -0.484 e. The highest BCUT2D eigenvalue weighted by Gasteiger charge is 2.28. The van der Waals surface area contributed by atoms with Crippen molar-refractivity contribution in [1.29, 1.82) is 0 Å². The lowest BCUT2D eigenvalue weighted by Gasteiger charge is -2.38. The Bertz CT molecular complexity index is 622. The second-order valence-electron chi connectivity index (χ2n) is 7.79. The monoisotopic (exact) mass is 389 g/mol. The van der Waals surface area contributed by atoms with Crippen LogP contribution in [0, 0.1) is 0 Å². The quantitative estimate of drug-likeness (QED) is 0.680. The maximum atomic E-state index is 12.5. The van der Waals surface area contributed by atoms with Gasteiger partial charge >= 0.3 is 0 Å². The minimum atomic E-state index is -0.134. The standard InChI is InChI=1S/C22H35N3O3/c1-4-5-9-19(14-23)24-22(27)18-10-12-20(13-11-18)28-15-21(26)25-16(2)7-6-8-17(25)3/h10-13,16-17,19H,4-9,14-15,23H2,1-3H3,(H,24,27). The number of carbonyl (C=O) groups is 2. The van der Waals surface area contributed by atoms with E-state index < -0.39 is 0 Å². The number of hydrogen-bond donors (Lipinski definition) is 2. The van der Waals surface area contributed by atoms with Crippen molar-refractivity contribution in [3.63, 3.8) is 0 Å². The summed E-state index contributed by atoms with van der Waals surface area (Å²) in [7, 11) is 0. The Morgan fingerprint density at radius 1 is 1.21 bits per heavy atom. The molecule has 1 saturated heterocycles. The van der Waals surface area contributed by atoms with Crippen molar-refractivity contribution < 1.29 is 14.3 Å². The number of hydrogen-bond acceptors (Lipinski definition) is 4. The highest BCUT2D eigenvalue weighted by molar-refractivity contribution is 5.94. The van der Waals surface area contributed by atoms with Gasteiger partial charge in [-0.2, -0.15) is 0 Å². The second-order valence-corrected chi connectivity index (χ2v) is 7.79.